The number of carbonyl (C=O) groups is 1. The normalized spacial score (nSPS) is 43.8. The van der Waals surface area contributed by atoms with Gasteiger partial charge < -0.3 is 5.11 Å². The predicted molar refractivity (Wildman–Crippen MR) is 89.5 cm³/mol. The van der Waals surface area contributed by atoms with E-state index in [2.05, 4.69) is 33.4 Å². The average molecular weight is 302 g/mol. The summed E-state index contributed by atoms with van der Waals surface area (Å²) in [4.78, 5) is 11.5. The first kappa shape index (κ1) is 15.8. The first-order valence-electron chi connectivity index (χ1n) is 8.80. The molecule has 0 heterocycles. The van der Waals surface area contributed by atoms with Crippen LogP contribution >= 0.6 is 0 Å². The van der Waals surface area contributed by atoms with Crippen LogP contribution in [0.1, 0.15) is 59.8 Å². The van der Waals surface area contributed by atoms with Crippen LogP contribution in [0.4, 0.5) is 0 Å². The molecule has 3 aliphatic rings. The second-order valence-corrected chi connectivity index (χ2v) is 8.79. The molecule has 2 heteroatoms. The summed E-state index contributed by atoms with van der Waals surface area (Å²) in [7, 11) is 0. The highest BCUT2D eigenvalue weighted by Crippen LogP contribution is 2.71. The van der Waals surface area contributed by atoms with Crippen LogP contribution in [0.15, 0.2) is 23.8 Å². The number of allylic oxidation sites excluding steroid dienone is 2. The first-order chi connectivity index (χ1) is 10.2. The van der Waals surface area contributed by atoms with Gasteiger partial charge in [0, 0.05) is 11.0 Å². The molecule has 122 valence electrons. The van der Waals surface area contributed by atoms with Crippen LogP contribution in [0.25, 0.3) is 0 Å². The second-order valence-electron chi connectivity index (χ2n) is 8.79. The Hall–Kier alpha value is -1.05. The maximum Gasteiger partial charge on any atom is 0.330 e. The zero-order valence-corrected chi connectivity index (χ0v) is 14.5. The molecule has 3 fully saturated rings. The third-order valence-electron chi connectivity index (χ3n) is 7.19. The van der Waals surface area contributed by atoms with Crippen LogP contribution in [-0.4, -0.2) is 11.1 Å². The first-order valence-corrected chi connectivity index (χ1v) is 8.80. The topological polar surface area (TPSA) is 37.3 Å². The third kappa shape index (κ3) is 2.02. The maximum atomic E-state index is 11.5. The summed E-state index contributed by atoms with van der Waals surface area (Å²) in [5.41, 5.74) is 2.22. The highest BCUT2D eigenvalue weighted by molar-refractivity contribution is 5.86. The smallest absolute Gasteiger partial charge is 0.330 e. The molecule has 5 atom stereocenters. The van der Waals surface area contributed by atoms with Gasteiger partial charge in [0.2, 0.25) is 0 Å². The summed E-state index contributed by atoms with van der Waals surface area (Å²) in [5.74, 6) is 1.62. The number of aliphatic carboxylic acids is 1. The quantitative estimate of drug-likeness (QED) is 0.571. The Morgan fingerprint density at radius 1 is 1.32 bits per heavy atom. The van der Waals surface area contributed by atoms with Gasteiger partial charge in [-0.25, -0.2) is 4.79 Å². The summed E-state index contributed by atoms with van der Waals surface area (Å²) >= 11 is 0. The van der Waals surface area contributed by atoms with E-state index in [1.807, 2.05) is 0 Å². The van der Waals surface area contributed by atoms with E-state index in [-0.39, 0.29) is 10.8 Å². The van der Waals surface area contributed by atoms with E-state index in [0.717, 1.165) is 6.42 Å². The molecule has 5 unspecified atom stereocenters. The lowest BCUT2D eigenvalue weighted by Crippen LogP contribution is -2.49. The number of hydrogen-bond acceptors (Lipinski definition) is 1. The van der Waals surface area contributed by atoms with E-state index in [1.165, 1.54) is 31.3 Å². The Balaban J connectivity index is 2.19. The van der Waals surface area contributed by atoms with Crippen molar-refractivity contribution >= 4 is 5.97 Å². The van der Waals surface area contributed by atoms with E-state index < -0.39 is 5.97 Å². The Labute approximate surface area is 134 Å². The molecule has 0 spiro atoms. The largest absolute Gasteiger partial charge is 0.478 e. The lowest BCUT2D eigenvalue weighted by atomic mass is 9.48. The molecule has 1 N–H and O–H groups in total. The van der Waals surface area contributed by atoms with Crippen LogP contribution in [0.2, 0.25) is 0 Å². The fourth-order valence-corrected chi connectivity index (χ4v) is 6.34. The van der Waals surface area contributed by atoms with Gasteiger partial charge in [-0.15, -0.1) is 0 Å². The lowest BCUT2D eigenvalue weighted by Gasteiger charge is -2.56. The number of carboxylic acids is 1. The van der Waals surface area contributed by atoms with Crippen LogP contribution < -0.4 is 0 Å². The Kier molecular flexibility index (Phi) is 3.58. The Bertz CT molecular complexity index is 542. The highest BCUT2D eigenvalue weighted by Gasteiger charge is 2.64. The summed E-state index contributed by atoms with van der Waals surface area (Å²) in [6.07, 6.45) is 8.18. The molecule has 3 saturated carbocycles. The molecular formula is C20H30O2. The summed E-state index contributed by atoms with van der Waals surface area (Å²) in [6, 6.07) is 0. The van der Waals surface area contributed by atoms with Gasteiger partial charge in [0.1, 0.15) is 0 Å². The van der Waals surface area contributed by atoms with Crippen molar-refractivity contribution in [2.24, 2.45) is 34.5 Å². The van der Waals surface area contributed by atoms with Crippen molar-refractivity contribution in [3.05, 3.63) is 23.8 Å². The maximum absolute atomic E-state index is 11.5. The Morgan fingerprint density at radius 2 is 2.00 bits per heavy atom. The fourth-order valence-electron chi connectivity index (χ4n) is 6.34. The van der Waals surface area contributed by atoms with Gasteiger partial charge in [-0.2, -0.15) is 0 Å². The summed E-state index contributed by atoms with van der Waals surface area (Å²) in [5, 5.41) is 9.46. The molecule has 0 radical (unpaired) electrons. The van der Waals surface area contributed by atoms with Crippen molar-refractivity contribution in [2.45, 2.75) is 59.8 Å². The van der Waals surface area contributed by atoms with E-state index in [1.54, 1.807) is 6.92 Å². The summed E-state index contributed by atoms with van der Waals surface area (Å²) in [6.45, 7) is 13.3. The molecule has 2 nitrogen and oxygen atoms in total. The number of hydrogen-bond donors (Lipinski definition) is 1. The van der Waals surface area contributed by atoms with Crippen molar-refractivity contribution in [1.82, 2.24) is 0 Å². The van der Waals surface area contributed by atoms with Gasteiger partial charge in [-0.3, -0.25) is 0 Å². The highest BCUT2D eigenvalue weighted by atomic mass is 16.4. The lowest BCUT2D eigenvalue weighted by molar-refractivity contribution is -0.132. The standard InChI is InChI=1S/C20H30O2/c1-12-7-9-17-19(4,5)11-16-13(2)6-8-15(12)20(16,17)10-14(3)18(21)22/h10,12,15-17H,2,6-9,11H2,1,3-5H3,(H,21,22). The molecule has 0 saturated heterocycles. The van der Waals surface area contributed by atoms with E-state index >= 15 is 0 Å². The van der Waals surface area contributed by atoms with E-state index in [9.17, 15) is 9.90 Å². The molecule has 0 amide bonds. The number of carboxylic acid groups (broad SMARTS) is 1. The van der Waals surface area contributed by atoms with Crippen molar-refractivity contribution in [1.29, 1.82) is 0 Å². The minimum atomic E-state index is -0.764. The van der Waals surface area contributed by atoms with Gasteiger partial charge in [0.05, 0.1) is 0 Å². The molecule has 0 aromatic carbocycles. The van der Waals surface area contributed by atoms with Gasteiger partial charge >= 0.3 is 5.97 Å². The van der Waals surface area contributed by atoms with E-state index in [4.69, 9.17) is 0 Å². The van der Waals surface area contributed by atoms with Crippen LogP contribution in [0, 0.1) is 34.5 Å². The fraction of sp³-hybridized carbons (Fsp3) is 0.750. The van der Waals surface area contributed by atoms with Crippen molar-refractivity contribution in [3.8, 4) is 0 Å². The number of rotatable bonds is 2. The molecule has 0 aliphatic heterocycles. The van der Waals surface area contributed by atoms with Crippen LogP contribution in [0.3, 0.4) is 0 Å². The van der Waals surface area contributed by atoms with Crippen molar-refractivity contribution < 1.29 is 9.90 Å². The molecule has 0 aromatic heterocycles. The van der Waals surface area contributed by atoms with Crippen molar-refractivity contribution in [2.75, 3.05) is 0 Å². The minimum Gasteiger partial charge on any atom is -0.478 e. The molecular weight excluding hydrogens is 272 g/mol. The van der Waals surface area contributed by atoms with Gasteiger partial charge in [0.15, 0.2) is 0 Å². The van der Waals surface area contributed by atoms with Crippen LogP contribution in [-0.2, 0) is 4.79 Å². The minimum absolute atomic E-state index is 0.0406. The van der Waals surface area contributed by atoms with E-state index in [0.29, 0.717) is 29.2 Å². The average Bonchev–Trinajstić information content (AvgIpc) is 2.65. The molecule has 3 aliphatic carbocycles. The molecule has 3 rings (SSSR count). The third-order valence-corrected chi connectivity index (χ3v) is 7.19. The monoisotopic (exact) mass is 302 g/mol. The van der Waals surface area contributed by atoms with Gasteiger partial charge in [-0.05, 0) is 61.7 Å². The SMILES string of the molecule is C=C1CCC2C(C)CCC3C(C)(C)CC1C23C=C(C)C(=O)O. The summed E-state index contributed by atoms with van der Waals surface area (Å²) < 4.78 is 0. The molecule has 0 bridgehead atoms. The zero-order valence-electron chi connectivity index (χ0n) is 14.5. The predicted octanol–water partition coefficient (Wildman–Crippen LogP) is 5.06. The van der Waals surface area contributed by atoms with Gasteiger partial charge in [-0.1, -0.05) is 45.4 Å². The molecule has 0 aromatic rings. The van der Waals surface area contributed by atoms with Crippen molar-refractivity contribution in [3.63, 3.8) is 0 Å². The second kappa shape index (κ2) is 4.97. The zero-order chi connectivity index (χ0) is 16.3. The van der Waals surface area contributed by atoms with Crippen LogP contribution in [0.5, 0.6) is 0 Å². The van der Waals surface area contributed by atoms with Gasteiger partial charge in [0.25, 0.3) is 0 Å². The Morgan fingerprint density at radius 3 is 2.64 bits per heavy atom. The molecule has 22 heavy (non-hydrogen) atoms.